The number of rotatable bonds is 6. The highest BCUT2D eigenvalue weighted by Crippen LogP contribution is 2.46. The monoisotopic (exact) mass is 438 g/mol. The summed E-state index contributed by atoms with van der Waals surface area (Å²) < 4.78 is 15.7. The minimum atomic E-state index is -1.83. The third-order valence-corrected chi connectivity index (χ3v) is 4.86. The number of carbonyl (C=O) groups is 1. The molecule has 0 aliphatic carbocycles. The average Bonchev–Trinajstić information content (AvgIpc) is 2.76. The zero-order valence-corrected chi connectivity index (χ0v) is 16.2. The van der Waals surface area contributed by atoms with E-state index in [0.717, 1.165) is 6.07 Å². The highest BCUT2D eigenvalue weighted by Gasteiger charge is 2.45. The van der Waals surface area contributed by atoms with Crippen molar-refractivity contribution < 1.29 is 54.8 Å². The van der Waals surface area contributed by atoms with Gasteiger partial charge in [0, 0.05) is 11.6 Å². The Hall–Kier alpha value is -3.09. The molecule has 1 aliphatic heterocycles. The zero-order chi connectivity index (χ0) is 22.9. The summed E-state index contributed by atoms with van der Waals surface area (Å²) in [5.74, 6) is -3.14. The van der Waals surface area contributed by atoms with E-state index in [-0.39, 0.29) is 17.1 Å². The molecule has 0 saturated carbocycles. The first-order valence-electron chi connectivity index (χ1n) is 9.13. The molecule has 3 rings (SSSR count). The smallest absolute Gasteiger partial charge is 0.229 e. The molecule has 1 aliphatic rings. The number of ketones is 1. The standard InChI is InChI=1S/C20H22O11/c1-29-11-6-10(23)13(14(24)8-2-4-9(22)5-3-8)19(16(11)26)31-20-18(28)17(27)15(25)12(7-21)30-20/h2-6,12,15,17-18,20-23,25-28H,7H2,1H3/t12-,15-,17+,18-,20+/m1/s1. The zero-order valence-electron chi connectivity index (χ0n) is 16.2. The van der Waals surface area contributed by atoms with Crippen molar-refractivity contribution in [1.29, 1.82) is 0 Å². The number of hydrogen-bond acceptors (Lipinski definition) is 11. The molecule has 11 heteroatoms. The third-order valence-electron chi connectivity index (χ3n) is 4.86. The first kappa shape index (κ1) is 22.6. The van der Waals surface area contributed by atoms with Gasteiger partial charge in [0.05, 0.1) is 13.7 Å². The van der Waals surface area contributed by atoms with Gasteiger partial charge >= 0.3 is 0 Å². The second-order valence-corrected chi connectivity index (χ2v) is 6.84. The number of ether oxygens (including phenoxy) is 3. The van der Waals surface area contributed by atoms with Crippen molar-refractivity contribution >= 4 is 5.78 Å². The molecule has 1 fully saturated rings. The first-order chi connectivity index (χ1) is 14.7. The molecule has 2 aromatic rings. The Balaban J connectivity index is 2.07. The molecule has 0 aromatic heterocycles. The van der Waals surface area contributed by atoms with E-state index in [1.165, 1.54) is 31.4 Å². The number of hydrogen-bond donors (Lipinski definition) is 7. The van der Waals surface area contributed by atoms with Gasteiger partial charge in [-0.25, -0.2) is 0 Å². The van der Waals surface area contributed by atoms with Crippen LogP contribution in [0.15, 0.2) is 30.3 Å². The molecule has 31 heavy (non-hydrogen) atoms. The summed E-state index contributed by atoms with van der Waals surface area (Å²) in [6.07, 6.45) is -8.29. The van der Waals surface area contributed by atoms with Crippen molar-refractivity contribution in [2.24, 2.45) is 0 Å². The average molecular weight is 438 g/mol. The normalized spacial score (nSPS) is 25.8. The van der Waals surface area contributed by atoms with Crippen LogP contribution in [-0.4, -0.2) is 86.0 Å². The second kappa shape index (κ2) is 8.96. The molecular formula is C20H22O11. The molecule has 2 aromatic carbocycles. The van der Waals surface area contributed by atoms with Crippen LogP contribution in [0.5, 0.6) is 28.7 Å². The van der Waals surface area contributed by atoms with Gasteiger partial charge < -0.3 is 50.0 Å². The Morgan fingerprint density at radius 1 is 1.03 bits per heavy atom. The number of methoxy groups -OCH3 is 1. The van der Waals surface area contributed by atoms with E-state index in [4.69, 9.17) is 14.2 Å². The Kier molecular flexibility index (Phi) is 6.53. The molecule has 0 unspecified atom stereocenters. The summed E-state index contributed by atoms with van der Waals surface area (Å²) in [4.78, 5) is 13.0. The lowest BCUT2D eigenvalue weighted by atomic mass is 9.98. The quantitative estimate of drug-likeness (QED) is 0.222. The molecule has 5 atom stereocenters. The maximum atomic E-state index is 13.0. The van der Waals surface area contributed by atoms with Gasteiger partial charge in [0.1, 0.15) is 41.5 Å². The van der Waals surface area contributed by atoms with Crippen LogP contribution in [0.2, 0.25) is 0 Å². The number of phenolic OH excluding ortho intramolecular Hbond substituents is 3. The van der Waals surface area contributed by atoms with E-state index in [0.29, 0.717) is 0 Å². The predicted molar refractivity (Wildman–Crippen MR) is 102 cm³/mol. The molecule has 0 bridgehead atoms. The van der Waals surface area contributed by atoms with Gasteiger partial charge in [-0.1, -0.05) is 0 Å². The topological polar surface area (TPSA) is 186 Å². The van der Waals surface area contributed by atoms with Crippen molar-refractivity contribution in [2.75, 3.05) is 13.7 Å². The molecule has 1 saturated heterocycles. The molecule has 0 spiro atoms. The Bertz CT molecular complexity index is 941. The fourth-order valence-electron chi connectivity index (χ4n) is 3.14. The molecule has 1 heterocycles. The van der Waals surface area contributed by atoms with Gasteiger partial charge in [0.2, 0.25) is 17.8 Å². The van der Waals surface area contributed by atoms with Gasteiger partial charge in [-0.15, -0.1) is 0 Å². The first-order valence-corrected chi connectivity index (χ1v) is 9.13. The van der Waals surface area contributed by atoms with Crippen molar-refractivity contribution in [3.05, 3.63) is 41.5 Å². The molecule has 168 valence electrons. The van der Waals surface area contributed by atoms with E-state index < -0.39 is 65.9 Å². The summed E-state index contributed by atoms with van der Waals surface area (Å²) in [5, 5.41) is 69.8. The Morgan fingerprint density at radius 3 is 2.26 bits per heavy atom. The van der Waals surface area contributed by atoms with Gasteiger partial charge in [0.25, 0.3) is 0 Å². The van der Waals surface area contributed by atoms with E-state index in [2.05, 4.69) is 0 Å². The van der Waals surface area contributed by atoms with Gasteiger partial charge in [-0.2, -0.15) is 0 Å². The third kappa shape index (κ3) is 4.22. The van der Waals surface area contributed by atoms with Crippen LogP contribution in [0.25, 0.3) is 0 Å². The maximum Gasteiger partial charge on any atom is 0.229 e. The van der Waals surface area contributed by atoms with Crippen LogP contribution in [0, 0.1) is 0 Å². The Labute approximate surface area is 175 Å². The fraction of sp³-hybridized carbons (Fsp3) is 0.350. The van der Waals surface area contributed by atoms with Gasteiger partial charge in [-0.05, 0) is 24.3 Å². The highest BCUT2D eigenvalue weighted by atomic mass is 16.7. The largest absolute Gasteiger partial charge is 0.508 e. The van der Waals surface area contributed by atoms with E-state index in [9.17, 15) is 40.5 Å². The maximum absolute atomic E-state index is 13.0. The van der Waals surface area contributed by atoms with E-state index >= 15 is 0 Å². The SMILES string of the molecule is COc1cc(O)c(C(=O)c2ccc(O)cc2)c(O[C@@H]2O[C@H](CO)[C@@H](O)[C@H](O)[C@H]2O)c1O. The lowest BCUT2D eigenvalue weighted by Gasteiger charge is -2.39. The molecule has 0 radical (unpaired) electrons. The van der Waals surface area contributed by atoms with Crippen LogP contribution in [0.4, 0.5) is 0 Å². The van der Waals surface area contributed by atoms with Crippen molar-refractivity contribution in [3.8, 4) is 28.7 Å². The Morgan fingerprint density at radius 2 is 1.68 bits per heavy atom. The van der Waals surface area contributed by atoms with Crippen LogP contribution in [0.3, 0.4) is 0 Å². The molecule has 7 N–H and O–H groups in total. The molecule has 0 amide bonds. The number of aliphatic hydroxyl groups excluding tert-OH is 4. The van der Waals surface area contributed by atoms with E-state index in [1.807, 2.05) is 0 Å². The van der Waals surface area contributed by atoms with Gasteiger partial charge in [0.15, 0.2) is 11.5 Å². The van der Waals surface area contributed by atoms with Gasteiger partial charge in [-0.3, -0.25) is 4.79 Å². The number of aromatic hydroxyl groups is 3. The second-order valence-electron chi connectivity index (χ2n) is 6.84. The summed E-state index contributed by atoms with van der Waals surface area (Å²) in [6, 6.07) is 6.01. The van der Waals surface area contributed by atoms with Crippen LogP contribution < -0.4 is 9.47 Å². The lowest BCUT2D eigenvalue weighted by molar-refractivity contribution is -0.277. The van der Waals surface area contributed by atoms with Crippen LogP contribution >= 0.6 is 0 Å². The summed E-state index contributed by atoms with van der Waals surface area (Å²) in [7, 11) is 1.19. The van der Waals surface area contributed by atoms with Crippen LogP contribution in [-0.2, 0) is 4.74 Å². The number of benzene rings is 2. The highest BCUT2D eigenvalue weighted by molar-refractivity contribution is 6.13. The molecule has 11 nitrogen and oxygen atoms in total. The molecular weight excluding hydrogens is 416 g/mol. The van der Waals surface area contributed by atoms with Crippen molar-refractivity contribution in [1.82, 2.24) is 0 Å². The van der Waals surface area contributed by atoms with Crippen molar-refractivity contribution in [2.45, 2.75) is 30.7 Å². The fourth-order valence-corrected chi connectivity index (χ4v) is 3.14. The summed E-state index contributed by atoms with van der Waals surface area (Å²) >= 11 is 0. The number of phenols is 3. The van der Waals surface area contributed by atoms with Crippen LogP contribution in [0.1, 0.15) is 15.9 Å². The number of aliphatic hydroxyl groups is 4. The lowest BCUT2D eigenvalue weighted by Crippen LogP contribution is -2.60. The minimum Gasteiger partial charge on any atom is -0.508 e. The minimum absolute atomic E-state index is 0.0244. The summed E-state index contributed by atoms with van der Waals surface area (Å²) in [6.45, 7) is -0.723. The predicted octanol–water partition coefficient (Wildman–Crippen LogP) is -0.778. The summed E-state index contributed by atoms with van der Waals surface area (Å²) in [5.41, 5.74) is -0.489. The van der Waals surface area contributed by atoms with Crippen molar-refractivity contribution in [3.63, 3.8) is 0 Å². The van der Waals surface area contributed by atoms with E-state index in [1.54, 1.807) is 0 Å². The number of carbonyl (C=O) groups excluding carboxylic acids is 1.